The van der Waals surface area contributed by atoms with Crippen LogP contribution >= 0.6 is 0 Å². The minimum Gasteiger partial charge on any atom is -0.348 e. The van der Waals surface area contributed by atoms with E-state index in [9.17, 15) is 4.79 Å². The highest BCUT2D eigenvalue weighted by molar-refractivity contribution is 5.77. The molecule has 0 atom stereocenters. The average molecular weight is 212 g/mol. The molecule has 1 N–H and O–H groups in total. The molecule has 1 fully saturated rings. The SMILES string of the molecule is CCC1CCC(NCC(=O)N(C)C)CC1. The van der Waals surface area contributed by atoms with Crippen LogP contribution in [-0.4, -0.2) is 37.5 Å². The third-order valence-electron chi connectivity index (χ3n) is 3.46. The van der Waals surface area contributed by atoms with Crippen LogP contribution in [0.5, 0.6) is 0 Å². The van der Waals surface area contributed by atoms with Gasteiger partial charge in [0.2, 0.25) is 5.91 Å². The number of amides is 1. The molecule has 0 saturated heterocycles. The van der Waals surface area contributed by atoms with Crippen molar-refractivity contribution in [2.45, 2.75) is 45.1 Å². The van der Waals surface area contributed by atoms with Crippen LogP contribution in [0.3, 0.4) is 0 Å². The normalized spacial score (nSPS) is 26.3. The summed E-state index contributed by atoms with van der Waals surface area (Å²) < 4.78 is 0. The molecular weight excluding hydrogens is 188 g/mol. The van der Waals surface area contributed by atoms with Crippen molar-refractivity contribution in [3.05, 3.63) is 0 Å². The molecule has 0 aromatic heterocycles. The molecule has 15 heavy (non-hydrogen) atoms. The highest BCUT2D eigenvalue weighted by Crippen LogP contribution is 2.26. The van der Waals surface area contributed by atoms with Crippen molar-refractivity contribution in [1.29, 1.82) is 0 Å². The zero-order valence-electron chi connectivity index (χ0n) is 10.3. The van der Waals surface area contributed by atoms with Crippen LogP contribution in [0.2, 0.25) is 0 Å². The monoisotopic (exact) mass is 212 g/mol. The second-order valence-electron chi connectivity index (χ2n) is 4.79. The van der Waals surface area contributed by atoms with Crippen LogP contribution in [0.1, 0.15) is 39.0 Å². The smallest absolute Gasteiger partial charge is 0.236 e. The number of likely N-dealkylation sites (N-methyl/N-ethyl adjacent to an activating group) is 1. The number of carbonyl (C=O) groups is 1. The van der Waals surface area contributed by atoms with Gasteiger partial charge in [-0.3, -0.25) is 4.79 Å². The fraction of sp³-hybridized carbons (Fsp3) is 0.917. The van der Waals surface area contributed by atoms with Gasteiger partial charge in [-0.15, -0.1) is 0 Å². The van der Waals surface area contributed by atoms with Gasteiger partial charge in [-0.2, -0.15) is 0 Å². The Morgan fingerprint density at radius 3 is 2.33 bits per heavy atom. The summed E-state index contributed by atoms with van der Waals surface area (Å²) in [6, 6.07) is 0.566. The molecule has 3 nitrogen and oxygen atoms in total. The summed E-state index contributed by atoms with van der Waals surface area (Å²) in [5.74, 6) is 1.10. The molecule has 0 heterocycles. The number of nitrogens with zero attached hydrogens (tertiary/aromatic N) is 1. The lowest BCUT2D eigenvalue weighted by Gasteiger charge is -2.28. The Morgan fingerprint density at radius 1 is 1.27 bits per heavy atom. The third kappa shape index (κ3) is 4.20. The summed E-state index contributed by atoms with van der Waals surface area (Å²) in [6.45, 7) is 2.77. The van der Waals surface area contributed by atoms with Crippen molar-refractivity contribution in [3.8, 4) is 0 Å². The van der Waals surface area contributed by atoms with Crippen molar-refractivity contribution in [2.24, 2.45) is 5.92 Å². The quantitative estimate of drug-likeness (QED) is 0.768. The van der Waals surface area contributed by atoms with E-state index in [2.05, 4.69) is 12.2 Å². The summed E-state index contributed by atoms with van der Waals surface area (Å²) in [4.78, 5) is 13.0. The number of hydrogen-bond donors (Lipinski definition) is 1. The zero-order valence-corrected chi connectivity index (χ0v) is 10.3. The summed E-state index contributed by atoms with van der Waals surface area (Å²) in [7, 11) is 3.61. The standard InChI is InChI=1S/C12H24N2O/c1-4-10-5-7-11(8-6-10)13-9-12(15)14(2)3/h10-11,13H,4-9H2,1-3H3. The Bertz CT molecular complexity index is 196. The van der Waals surface area contributed by atoms with E-state index in [1.807, 2.05) is 0 Å². The number of rotatable bonds is 4. The predicted molar refractivity (Wildman–Crippen MR) is 62.7 cm³/mol. The largest absolute Gasteiger partial charge is 0.348 e. The van der Waals surface area contributed by atoms with Gasteiger partial charge in [0.1, 0.15) is 0 Å². The van der Waals surface area contributed by atoms with Crippen LogP contribution in [0.15, 0.2) is 0 Å². The van der Waals surface area contributed by atoms with E-state index in [4.69, 9.17) is 0 Å². The molecule has 0 aromatic rings. The second kappa shape index (κ2) is 6.11. The van der Waals surface area contributed by atoms with E-state index in [1.54, 1.807) is 19.0 Å². The fourth-order valence-corrected chi connectivity index (χ4v) is 2.16. The first-order chi connectivity index (χ1) is 7.13. The maximum absolute atomic E-state index is 11.4. The van der Waals surface area contributed by atoms with Crippen molar-refractivity contribution in [2.75, 3.05) is 20.6 Å². The van der Waals surface area contributed by atoms with E-state index >= 15 is 0 Å². The topological polar surface area (TPSA) is 32.3 Å². The molecule has 1 rings (SSSR count). The molecule has 0 aliphatic heterocycles. The van der Waals surface area contributed by atoms with Crippen LogP contribution in [0, 0.1) is 5.92 Å². The minimum absolute atomic E-state index is 0.174. The first kappa shape index (κ1) is 12.5. The fourth-order valence-electron chi connectivity index (χ4n) is 2.16. The van der Waals surface area contributed by atoms with Gasteiger partial charge in [-0.25, -0.2) is 0 Å². The Balaban J connectivity index is 2.16. The highest BCUT2D eigenvalue weighted by atomic mass is 16.2. The van der Waals surface area contributed by atoms with Gasteiger partial charge in [0.05, 0.1) is 6.54 Å². The Hall–Kier alpha value is -0.570. The van der Waals surface area contributed by atoms with Gasteiger partial charge in [0.25, 0.3) is 0 Å². The van der Waals surface area contributed by atoms with E-state index in [-0.39, 0.29) is 5.91 Å². The Morgan fingerprint density at radius 2 is 1.87 bits per heavy atom. The van der Waals surface area contributed by atoms with E-state index in [0.717, 1.165) is 5.92 Å². The van der Waals surface area contributed by atoms with Gasteiger partial charge < -0.3 is 10.2 Å². The Kier molecular flexibility index (Phi) is 5.09. The zero-order chi connectivity index (χ0) is 11.3. The summed E-state index contributed by atoms with van der Waals surface area (Å²) in [5, 5.41) is 3.36. The van der Waals surface area contributed by atoms with Gasteiger partial charge >= 0.3 is 0 Å². The van der Waals surface area contributed by atoms with E-state index in [0.29, 0.717) is 12.6 Å². The molecule has 1 aliphatic rings. The van der Waals surface area contributed by atoms with Crippen molar-refractivity contribution in [1.82, 2.24) is 10.2 Å². The first-order valence-corrected chi connectivity index (χ1v) is 6.07. The lowest BCUT2D eigenvalue weighted by atomic mass is 9.84. The summed E-state index contributed by atoms with van der Waals surface area (Å²) in [5.41, 5.74) is 0. The van der Waals surface area contributed by atoms with E-state index in [1.165, 1.54) is 32.1 Å². The molecule has 88 valence electrons. The molecule has 0 spiro atoms. The van der Waals surface area contributed by atoms with Crippen LogP contribution in [0.4, 0.5) is 0 Å². The van der Waals surface area contributed by atoms with Gasteiger partial charge in [-0.1, -0.05) is 13.3 Å². The van der Waals surface area contributed by atoms with Crippen LogP contribution in [-0.2, 0) is 4.79 Å². The molecule has 0 unspecified atom stereocenters. The van der Waals surface area contributed by atoms with Gasteiger partial charge in [0, 0.05) is 20.1 Å². The van der Waals surface area contributed by atoms with Gasteiger partial charge in [0.15, 0.2) is 0 Å². The highest BCUT2D eigenvalue weighted by Gasteiger charge is 2.20. The lowest BCUT2D eigenvalue weighted by Crippen LogP contribution is -2.40. The maximum atomic E-state index is 11.4. The number of carbonyl (C=O) groups excluding carboxylic acids is 1. The number of hydrogen-bond acceptors (Lipinski definition) is 2. The molecule has 1 aliphatic carbocycles. The molecule has 3 heteroatoms. The first-order valence-electron chi connectivity index (χ1n) is 6.07. The molecule has 0 aromatic carbocycles. The van der Waals surface area contributed by atoms with Crippen LogP contribution in [0.25, 0.3) is 0 Å². The molecule has 1 saturated carbocycles. The van der Waals surface area contributed by atoms with E-state index < -0.39 is 0 Å². The van der Waals surface area contributed by atoms with Crippen molar-refractivity contribution >= 4 is 5.91 Å². The third-order valence-corrected chi connectivity index (χ3v) is 3.46. The maximum Gasteiger partial charge on any atom is 0.236 e. The summed E-state index contributed by atoms with van der Waals surface area (Å²) in [6.07, 6.45) is 6.43. The summed E-state index contributed by atoms with van der Waals surface area (Å²) >= 11 is 0. The van der Waals surface area contributed by atoms with Gasteiger partial charge in [-0.05, 0) is 31.6 Å². The lowest BCUT2D eigenvalue weighted by molar-refractivity contribution is -0.127. The second-order valence-corrected chi connectivity index (χ2v) is 4.79. The molecule has 0 radical (unpaired) electrons. The Labute approximate surface area is 93.2 Å². The van der Waals surface area contributed by atoms with Crippen molar-refractivity contribution < 1.29 is 4.79 Å². The van der Waals surface area contributed by atoms with Crippen LogP contribution < -0.4 is 5.32 Å². The minimum atomic E-state index is 0.174. The number of nitrogens with one attached hydrogen (secondary N) is 1. The molecule has 1 amide bonds. The average Bonchev–Trinajstić information content (AvgIpc) is 2.26. The predicted octanol–water partition coefficient (Wildman–Crippen LogP) is 1.63. The molecular formula is C12H24N2O. The van der Waals surface area contributed by atoms with Crippen molar-refractivity contribution in [3.63, 3.8) is 0 Å². The molecule has 0 bridgehead atoms.